The second kappa shape index (κ2) is 6.19. The second-order valence-electron chi connectivity index (χ2n) is 7.26. The van der Waals surface area contributed by atoms with Crippen molar-refractivity contribution in [1.82, 2.24) is 24.4 Å². The molecule has 2 aromatic heterocycles. The van der Waals surface area contributed by atoms with Crippen LogP contribution in [0.2, 0.25) is 0 Å². The first-order valence-corrected chi connectivity index (χ1v) is 10.8. The van der Waals surface area contributed by atoms with Crippen LogP contribution in [0.1, 0.15) is 32.1 Å². The molecule has 1 spiro atoms. The molecule has 2 unspecified atom stereocenters. The molecule has 2 saturated heterocycles. The van der Waals surface area contributed by atoms with Crippen LogP contribution in [0.5, 0.6) is 0 Å². The highest BCUT2D eigenvalue weighted by molar-refractivity contribution is 7.92. The van der Waals surface area contributed by atoms with Crippen molar-refractivity contribution in [2.45, 2.75) is 44.2 Å². The molecule has 4 heterocycles. The van der Waals surface area contributed by atoms with Crippen molar-refractivity contribution < 1.29 is 9.00 Å². The predicted molar refractivity (Wildman–Crippen MR) is 97.9 cm³/mol. The number of aryl methyl sites for hydroxylation is 1. The number of nitrogens with zero attached hydrogens (tertiary/aromatic N) is 5. The Hall–Kier alpha value is -2.23. The minimum Gasteiger partial charge on any atom is -0.382 e. The van der Waals surface area contributed by atoms with E-state index in [0.717, 1.165) is 25.7 Å². The average molecular weight is 377 g/mol. The van der Waals surface area contributed by atoms with E-state index in [1.165, 1.54) is 6.33 Å². The lowest BCUT2D eigenvalue weighted by molar-refractivity contribution is -0.135. The minimum absolute atomic E-state index is 0.0449. The van der Waals surface area contributed by atoms with Gasteiger partial charge in [0.15, 0.2) is 11.5 Å². The van der Waals surface area contributed by atoms with Gasteiger partial charge in [-0.3, -0.25) is 9.57 Å². The first-order chi connectivity index (χ1) is 12.4. The normalized spacial score (nSPS) is 28.8. The molecule has 9 nitrogen and oxygen atoms in total. The van der Waals surface area contributed by atoms with Crippen LogP contribution in [0.3, 0.4) is 0 Å². The van der Waals surface area contributed by atoms with Gasteiger partial charge in [-0.05, 0) is 25.7 Å². The van der Waals surface area contributed by atoms with Gasteiger partial charge in [0.05, 0.1) is 17.6 Å². The van der Waals surface area contributed by atoms with Gasteiger partial charge >= 0.3 is 0 Å². The number of nitrogens with one attached hydrogen (secondary N) is 1. The van der Waals surface area contributed by atoms with Crippen molar-refractivity contribution in [3.05, 3.63) is 12.7 Å². The zero-order chi connectivity index (χ0) is 18.4. The molecule has 2 aliphatic rings. The van der Waals surface area contributed by atoms with E-state index in [4.69, 9.17) is 10.5 Å². The highest BCUT2D eigenvalue weighted by Crippen LogP contribution is 2.38. The molecule has 3 N–H and O–H groups in total. The zero-order valence-electron chi connectivity index (χ0n) is 14.6. The Morgan fingerprint density at radius 2 is 2.12 bits per heavy atom. The fourth-order valence-electron chi connectivity index (χ4n) is 4.36. The summed E-state index contributed by atoms with van der Waals surface area (Å²) in [5, 5.41) is 0. The van der Waals surface area contributed by atoms with Gasteiger partial charge in [0.25, 0.3) is 0 Å². The zero-order valence-corrected chi connectivity index (χ0v) is 15.4. The Labute approximate surface area is 152 Å². The van der Waals surface area contributed by atoms with E-state index in [0.29, 0.717) is 48.0 Å². The monoisotopic (exact) mass is 377 g/mol. The lowest BCUT2D eigenvalue weighted by atomic mass is 9.92. The SMILES string of the molecule is N=S1(=O)CCCC2(CCCN2C(=O)CCn2cnc3c(N)ncnc32)C1. The number of nitrogens with two attached hydrogens (primary N) is 1. The Morgan fingerprint density at radius 3 is 2.92 bits per heavy atom. The number of rotatable bonds is 3. The van der Waals surface area contributed by atoms with Crippen molar-refractivity contribution in [3.63, 3.8) is 0 Å². The maximum Gasteiger partial charge on any atom is 0.224 e. The van der Waals surface area contributed by atoms with Crippen LogP contribution in [0.25, 0.3) is 11.2 Å². The molecular weight excluding hydrogens is 354 g/mol. The number of aromatic nitrogens is 4. The molecule has 4 rings (SSSR count). The lowest BCUT2D eigenvalue weighted by Gasteiger charge is -2.42. The second-order valence-corrected chi connectivity index (χ2v) is 9.58. The van der Waals surface area contributed by atoms with E-state index in [1.54, 1.807) is 6.33 Å². The van der Waals surface area contributed by atoms with Crippen LogP contribution in [-0.2, 0) is 21.1 Å². The molecule has 2 fully saturated rings. The Bertz CT molecular complexity index is 955. The summed E-state index contributed by atoms with van der Waals surface area (Å²) in [6.45, 7) is 1.14. The van der Waals surface area contributed by atoms with E-state index >= 15 is 0 Å². The number of fused-ring (bicyclic) bond motifs is 1. The Morgan fingerprint density at radius 1 is 1.31 bits per heavy atom. The van der Waals surface area contributed by atoms with Gasteiger partial charge in [0, 0.05) is 35.0 Å². The van der Waals surface area contributed by atoms with Crippen molar-refractivity contribution in [2.24, 2.45) is 0 Å². The molecule has 2 atom stereocenters. The topological polar surface area (TPSA) is 131 Å². The molecule has 0 bridgehead atoms. The molecule has 0 aromatic carbocycles. The van der Waals surface area contributed by atoms with Crippen LogP contribution in [0.4, 0.5) is 5.82 Å². The number of amides is 1. The van der Waals surface area contributed by atoms with Crippen LogP contribution < -0.4 is 5.73 Å². The molecule has 2 aromatic rings. The Kier molecular flexibility index (Phi) is 4.09. The number of hydrogen-bond donors (Lipinski definition) is 2. The number of nitrogen functional groups attached to an aromatic ring is 1. The van der Waals surface area contributed by atoms with Gasteiger partial charge in [-0.2, -0.15) is 0 Å². The number of imidazole rings is 1. The van der Waals surface area contributed by atoms with Crippen molar-refractivity contribution in [2.75, 3.05) is 23.8 Å². The molecule has 2 aliphatic heterocycles. The molecule has 26 heavy (non-hydrogen) atoms. The van der Waals surface area contributed by atoms with Gasteiger partial charge in [0.2, 0.25) is 5.91 Å². The van der Waals surface area contributed by atoms with E-state index in [2.05, 4.69) is 15.0 Å². The molecule has 10 heteroatoms. The minimum atomic E-state index is -2.57. The summed E-state index contributed by atoms with van der Waals surface area (Å²) in [7, 11) is -2.57. The van der Waals surface area contributed by atoms with Crippen molar-refractivity contribution in [1.29, 1.82) is 4.78 Å². The number of anilines is 1. The van der Waals surface area contributed by atoms with Gasteiger partial charge < -0.3 is 15.2 Å². The van der Waals surface area contributed by atoms with E-state index in [-0.39, 0.29) is 11.4 Å². The molecule has 0 aliphatic carbocycles. The number of hydrogen-bond acceptors (Lipinski definition) is 7. The van der Waals surface area contributed by atoms with Gasteiger partial charge in [-0.15, -0.1) is 0 Å². The van der Waals surface area contributed by atoms with Gasteiger partial charge in [0.1, 0.15) is 11.8 Å². The number of likely N-dealkylation sites (tertiary alicyclic amines) is 1. The first-order valence-electron chi connectivity index (χ1n) is 8.86. The fourth-order valence-corrected chi connectivity index (χ4v) is 6.43. The maximum absolute atomic E-state index is 12.9. The summed E-state index contributed by atoms with van der Waals surface area (Å²) >= 11 is 0. The summed E-state index contributed by atoms with van der Waals surface area (Å²) < 4.78 is 22.2. The molecule has 0 radical (unpaired) electrons. The third kappa shape index (κ3) is 2.91. The highest BCUT2D eigenvalue weighted by atomic mass is 32.2. The first kappa shape index (κ1) is 17.2. The third-order valence-electron chi connectivity index (χ3n) is 5.51. The summed E-state index contributed by atoms with van der Waals surface area (Å²) in [4.78, 5) is 27.1. The smallest absolute Gasteiger partial charge is 0.224 e. The third-order valence-corrected chi connectivity index (χ3v) is 7.46. The lowest BCUT2D eigenvalue weighted by Crippen LogP contribution is -2.54. The molecule has 140 valence electrons. The van der Waals surface area contributed by atoms with Crippen molar-refractivity contribution >= 4 is 32.6 Å². The number of carbonyl (C=O) groups is 1. The average Bonchev–Trinajstić information content (AvgIpc) is 3.17. The van der Waals surface area contributed by atoms with E-state index in [1.807, 2.05) is 9.47 Å². The molecule has 1 amide bonds. The van der Waals surface area contributed by atoms with E-state index in [9.17, 15) is 9.00 Å². The standard InChI is InChI=1S/C16H23N7O2S/c17-14-13-15(20-10-19-14)22(11-21-13)7-3-12(24)23-6-1-4-16(23)5-2-8-26(18,25)9-16/h10-11,18H,1-9H2,(H2,17,19,20). The summed E-state index contributed by atoms with van der Waals surface area (Å²) in [6, 6.07) is 0. The van der Waals surface area contributed by atoms with Crippen LogP contribution in [0, 0.1) is 4.78 Å². The van der Waals surface area contributed by atoms with Gasteiger partial charge in [-0.25, -0.2) is 19.2 Å². The highest BCUT2D eigenvalue weighted by Gasteiger charge is 2.46. The van der Waals surface area contributed by atoms with Crippen LogP contribution >= 0.6 is 0 Å². The summed E-state index contributed by atoms with van der Waals surface area (Å²) in [6.07, 6.45) is 6.71. The van der Waals surface area contributed by atoms with E-state index < -0.39 is 9.73 Å². The molecular formula is C16H23N7O2S. The fraction of sp³-hybridized carbons (Fsp3) is 0.625. The maximum atomic E-state index is 12.9. The van der Waals surface area contributed by atoms with Crippen molar-refractivity contribution in [3.8, 4) is 0 Å². The van der Waals surface area contributed by atoms with Gasteiger partial charge in [-0.1, -0.05) is 0 Å². The van der Waals surface area contributed by atoms with Crippen LogP contribution in [-0.4, -0.2) is 58.1 Å². The Balaban J connectivity index is 1.50. The largest absolute Gasteiger partial charge is 0.382 e. The summed E-state index contributed by atoms with van der Waals surface area (Å²) in [5.74, 6) is 1.15. The quantitative estimate of drug-likeness (QED) is 0.820. The predicted octanol–water partition coefficient (Wildman–Crippen LogP) is 1.00. The number of carbonyl (C=O) groups excluding carboxylic acids is 1. The molecule has 0 saturated carbocycles. The van der Waals surface area contributed by atoms with Crippen LogP contribution in [0.15, 0.2) is 12.7 Å². The summed E-state index contributed by atoms with van der Waals surface area (Å²) in [5.41, 5.74) is 6.58.